The number of aromatic amines is 2. The molecule has 2 aromatic heterocycles. The van der Waals surface area contributed by atoms with E-state index in [1.807, 2.05) is 60.7 Å². The molecule has 6 aromatic rings. The van der Waals surface area contributed by atoms with Gasteiger partial charge in [-0.2, -0.15) is 0 Å². The topological polar surface area (TPSA) is 180 Å². The van der Waals surface area contributed by atoms with Gasteiger partial charge in [-0.05, 0) is 59.9 Å². The van der Waals surface area contributed by atoms with Crippen molar-refractivity contribution in [2.24, 2.45) is 0 Å². The van der Waals surface area contributed by atoms with E-state index >= 15 is 4.79 Å². The molecule has 0 unspecified atom stereocenters. The number of nitrogens with one attached hydrogen (secondary N) is 4. The van der Waals surface area contributed by atoms with Gasteiger partial charge >= 0.3 is 6.03 Å². The fourth-order valence-corrected chi connectivity index (χ4v) is 6.69. The third-order valence-corrected chi connectivity index (χ3v) is 9.29. The second-order valence-corrected chi connectivity index (χ2v) is 12.8. The lowest BCUT2D eigenvalue weighted by Gasteiger charge is -2.36. The second-order valence-electron chi connectivity index (χ2n) is 12.8. The van der Waals surface area contributed by atoms with Gasteiger partial charge in [-0.15, -0.1) is 0 Å². The average Bonchev–Trinajstić information content (AvgIpc) is 3.90. The predicted molar refractivity (Wildman–Crippen MR) is 199 cm³/mol. The van der Waals surface area contributed by atoms with Crippen molar-refractivity contribution in [1.82, 2.24) is 24.8 Å². The fraction of sp³-hybridized carbons (Fsp3) is 0.175. The van der Waals surface area contributed by atoms with Crippen LogP contribution in [0.3, 0.4) is 0 Å². The lowest BCUT2D eigenvalue weighted by atomic mass is 9.90. The number of hydrogen-bond acceptors (Lipinski definition) is 7. The summed E-state index contributed by atoms with van der Waals surface area (Å²) in [5.41, 5.74) is 3.28. The van der Waals surface area contributed by atoms with Gasteiger partial charge in [0.15, 0.2) is 0 Å². The van der Waals surface area contributed by atoms with E-state index in [0.29, 0.717) is 22.8 Å². The van der Waals surface area contributed by atoms with Crippen LogP contribution in [0.5, 0.6) is 0 Å². The first-order chi connectivity index (χ1) is 25.8. The molecule has 0 radical (unpaired) electrons. The number of urea groups is 1. The number of carbonyl (C=O) groups is 3. The lowest BCUT2D eigenvalue weighted by molar-refractivity contribution is -0.0291. The summed E-state index contributed by atoms with van der Waals surface area (Å²) in [6, 6.07) is 30.0. The number of H-pyrrole nitrogens is 2. The third kappa shape index (κ3) is 8.01. The van der Waals surface area contributed by atoms with Crippen LogP contribution >= 0.6 is 0 Å². The molecule has 4 atom stereocenters. The van der Waals surface area contributed by atoms with Gasteiger partial charge in [0.05, 0.1) is 12.1 Å². The highest BCUT2D eigenvalue weighted by atomic mass is 16.3. The van der Waals surface area contributed by atoms with Gasteiger partial charge in [0.1, 0.15) is 12.2 Å². The predicted octanol–water partition coefficient (Wildman–Crippen LogP) is 5.02. The van der Waals surface area contributed by atoms with E-state index in [0.717, 1.165) is 11.1 Å². The number of aromatic nitrogens is 4. The molecule has 0 saturated carbocycles. The number of rotatable bonds is 11. The molecular formula is C40H38N8O5. The standard InChI is InChI=1S/C40H38N8O5/c49-34-32(22-26-9-3-1-4-10-26)47(25-28-13-7-14-29(21-28)36(51)45-38-41-17-18-42-38)40(53)48(33(35(34)50)23-27-11-5-2-6-12-27)31-16-8-15-30(24-31)37(52)46-39-43-19-20-44-39/h1-21,24,32-35,49-50H,22-23,25H2,(H2,41,42,45,51)(H2,43,44,46,52)/t32-,33-,34+,35+/m1/s1. The Balaban J connectivity index is 1.30. The van der Waals surface area contributed by atoms with Crippen LogP contribution in [0.15, 0.2) is 134 Å². The second kappa shape index (κ2) is 15.8. The van der Waals surface area contributed by atoms with Crippen molar-refractivity contribution in [3.63, 3.8) is 0 Å². The molecule has 0 spiro atoms. The molecule has 13 nitrogen and oxygen atoms in total. The van der Waals surface area contributed by atoms with Crippen molar-refractivity contribution >= 4 is 35.4 Å². The Kier molecular flexibility index (Phi) is 10.4. The molecule has 1 fully saturated rings. The summed E-state index contributed by atoms with van der Waals surface area (Å²) in [7, 11) is 0. The van der Waals surface area contributed by atoms with Gasteiger partial charge in [0.2, 0.25) is 11.9 Å². The summed E-state index contributed by atoms with van der Waals surface area (Å²) in [5.74, 6) is -0.285. The minimum atomic E-state index is -1.40. The van der Waals surface area contributed by atoms with Gasteiger partial charge in [-0.3, -0.25) is 25.1 Å². The number of nitrogens with zero attached hydrogens (tertiary/aromatic N) is 4. The summed E-state index contributed by atoms with van der Waals surface area (Å²) in [6.07, 6.45) is 3.90. The summed E-state index contributed by atoms with van der Waals surface area (Å²) in [5, 5.41) is 29.7. The molecule has 4 aromatic carbocycles. The van der Waals surface area contributed by atoms with Crippen LogP contribution in [0.1, 0.15) is 37.4 Å². The lowest BCUT2D eigenvalue weighted by Crippen LogP contribution is -2.51. The Morgan fingerprint density at radius 3 is 1.72 bits per heavy atom. The minimum Gasteiger partial charge on any atom is -0.388 e. The van der Waals surface area contributed by atoms with Gasteiger partial charge in [0.25, 0.3) is 11.8 Å². The van der Waals surface area contributed by atoms with Crippen LogP contribution in [0.2, 0.25) is 0 Å². The first-order valence-electron chi connectivity index (χ1n) is 17.2. The summed E-state index contributed by atoms with van der Waals surface area (Å²) in [4.78, 5) is 58.6. The molecule has 3 heterocycles. The van der Waals surface area contributed by atoms with Crippen LogP contribution in [0.25, 0.3) is 0 Å². The molecule has 1 aliphatic rings. The van der Waals surface area contributed by atoms with Crippen LogP contribution in [-0.4, -0.2) is 77.2 Å². The van der Waals surface area contributed by atoms with E-state index < -0.39 is 42.1 Å². The maximum absolute atomic E-state index is 15.2. The number of benzene rings is 4. The minimum absolute atomic E-state index is 0.00475. The normalized spacial score (nSPS) is 18.7. The summed E-state index contributed by atoms with van der Waals surface area (Å²) >= 11 is 0. The third-order valence-electron chi connectivity index (χ3n) is 9.29. The van der Waals surface area contributed by atoms with E-state index in [2.05, 4.69) is 30.6 Å². The zero-order chi connectivity index (χ0) is 36.7. The molecule has 0 bridgehead atoms. The highest BCUT2D eigenvalue weighted by Gasteiger charge is 2.47. The van der Waals surface area contributed by atoms with Crippen molar-refractivity contribution in [3.05, 3.63) is 162 Å². The highest BCUT2D eigenvalue weighted by Crippen LogP contribution is 2.33. The van der Waals surface area contributed by atoms with Gasteiger partial charge in [-0.1, -0.05) is 78.9 Å². The molecule has 0 aliphatic carbocycles. The zero-order valence-electron chi connectivity index (χ0n) is 28.5. The Morgan fingerprint density at radius 2 is 1.15 bits per heavy atom. The molecule has 1 saturated heterocycles. The Morgan fingerprint density at radius 1 is 0.642 bits per heavy atom. The zero-order valence-corrected chi connectivity index (χ0v) is 28.5. The quantitative estimate of drug-likeness (QED) is 0.109. The smallest absolute Gasteiger partial charge is 0.325 e. The van der Waals surface area contributed by atoms with Crippen LogP contribution in [-0.2, 0) is 19.4 Å². The number of aliphatic hydroxyl groups excluding tert-OH is 2. The van der Waals surface area contributed by atoms with Gasteiger partial charge in [0, 0.05) is 48.1 Å². The number of anilines is 3. The van der Waals surface area contributed by atoms with Crippen molar-refractivity contribution in [2.45, 2.75) is 43.7 Å². The molecule has 53 heavy (non-hydrogen) atoms. The Bertz CT molecular complexity index is 2140. The molecule has 1 aliphatic heterocycles. The molecule has 268 valence electrons. The number of carbonyl (C=O) groups excluding carboxylic acids is 3. The molecular weight excluding hydrogens is 672 g/mol. The SMILES string of the molecule is O=C(Nc1ncc[nH]1)c1cccc(CN2C(=O)N(c3cccc(C(=O)Nc4ncc[nH]4)c3)[C@H](Cc3ccccc3)[C@H](O)[C@@H](O)[C@H]2Cc2ccccc2)c1. The van der Waals surface area contributed by atoms with E-state index in [1.54, 1.807) is 65.8 Å². The molecule has 7 rings (SSSR count). The molecule has 6 N–H and O–H groups in total. The van der Waals surface area contributed by atoms with E-state index in [4.69, 9.17) is 0 Å². The Labute approximate surface area is 305 Å². The number of hydrogen-bond donors (Lipinski definition) is 6. The van der Waals surface area contributed by atoms with E-state index in [-0.39, 0.29) is 30.9 Å². The maximum atomic E-state index is 15.2. The van der Waals surface area contributed by atoms with E-state index in [9.17, 15) is 19.8 Å². The van der Waals surface area contributed by atoms with Gasteiger partial charge in [-0.25, -0.2) is 14.8 Å². The largest absolute Gasteiger partial charge is 0.388 e. The average molecular weight is 711 g/mol. The van der Waals surface area contributed by atoms with Gasteiger partial charge < -0.3 is 25.1 Å². The fourth-order valence-electron chi connectivity index (χ4n) is 6.69. The van der Waals surface area contributed by atoms with Crippen molar-refractivity contribution in [2.75, 3.05) is 15.5 Å². The van der Waals surface area contributed by atoms with Crippen LogP contribution in [0, 0.1) is 0 Å². The first kappa shape index (κ1) is 34.9. The number of amides is 4. The van der Waals surface area contributed by atoms with Crippen molar-refractivity contribution < 1.29 is 24.6 Å². The summed E-state index contributed by atoms with van der Waals surface area (Å²) < 4.78 is 0. The molecule has 13 heteroatoms. The first-order valence-corrected chi connectivity index (χ1v) is 17.2. The monoisotopic (exact) mass is 710 g/mol. The molecule has 4 amide bonds. The Hall–Kier alpha value is -6.57. The number of aliphatic hydroxyl groups is 2. The highest BCUT2D eigenvalue weighted by molar-refractivity contribution is 6.05. The van der Waals surface area contributed by atoms with E-state index in [1.165, 1.54) is 17.3 Å². The maximum Gasteiger partial charge on any atom is 0.325 e. The van der Waals surface area contributed by atoms with Crippen LogP contribution < -0.4 is 15.5 Å². The van der Waals surface area contributed by atoms with Crippen molar-refractivity contribution in [1.29, 1.82) is 0 Å². The van der Waals surface area contributed by atoms with Crippen LogP contribution in [0.4, 0.5) is 22.4 Å². The summed E-state index contributed by atoms with van der Waals surface area (Å²) in [6.45, 7) is -0.00475. The number of imidazole rings is 2. The van der Waals surface area contributed by atoms with Crippen molar-refractivity contribution in [3.8, 4) is 0 Å².